The number of carbonyl (C=O) groups excluding carboxylic acids is 4. The van der Waals surface area contributed by atoms with Gasteiger partial charge in [0.25, 0.3) is 5.72 Å². The second kappa shape index (κ2) is 16.4. The van der Waals surface area contributed by atoms with E-state index in [0.29, 0.717) is 17.7 Å². The minimum atomic E-state index is -2.44. The molecular formula is C43H35N5O8. The van der Waals surface area contributed by atoms with Gasteiger partial charge in [-0.3, -0.25) is 4.79 Å². The lowest BCUT2D eigenvalue weighted by Crippen LogP contribution is -2.55. The zero-order valence-electron chi connectivity index (χ0n) is 29.9. The lowest BCUT2D eigenvalue weighted by Gasteiger charge is -2.33. The predicted octanol–water partition coefficient (Wildman–Crippen LogP) is 6.31. The van der Waals surface area contributed by atoms with E-state index in [4.69, 9.17) is 24.0 Å². The number of ketones is 1. The molecule has 2 aromatic heterocycles. The highest BCUT2D eigenvalue weighted by Gasteiger charge is 2.66. The molecule has 1 aliphatic heterocycles. The summed E-state index contributed by atoms with van der Waals surface area (Å²) in [5, 5.41) is 8.32. The van der Waals surface area contributed by atoms with Gasteiger partial charge in [-0.05, 0) is 42.5 Å². The van der Waals surface area contributed by atoms with Crippen molar-refractivity contribution in [3.8, 4) is 0 Å². The molecule has 6 aromatic rings. The van der Waals surface area contributed by atoms with Crippen molar-refractivity contribution in [3.05, 3.63) is 175 Å². The van der Waals surface area contributed by atoms with Crippen LogP contribution in [0.2, 0.25) is 0 Å². The van der Waals surface area contributed by atoms with Gasteiger partial charge in [-0.2, -0.15) is 5.10 Å². The van der Waals surface area contributed by atoms with Crippen LogP contribution >= 0.6 is 0 Å². The van der Waals surface area contributed by atoms with Gasteiger partial charge in [0.1, 0.15) is 24.9 Å². The van der Waals surface area contributed by atoms with Crippen LogP contribution in [0.15, 0.2) is 147 Å². The van der Waals surface area contributed by atoms with Crippen molar-refractivity contribution in [2.24, 2.45) is 0 Å². The molecule has 13 nitrogen and oxygen atoms in total. The smallest absolute Gasteiger partial charge is 0.338 e. The summed E-state index contributed by atoms with van der Waals surface area (Å²) >= 11 is 0. The molecule has 4 aromatic carbocycles. The van der Waals surface area contributed by atoms with Crippen LogP contribution in [0.3, 0.4) is 0 Å². The summed E-state index contributed by atoms with van der Waals surface area (Å²) in [6, 6.07) is 32.6. The van der Waals surface area contributed by atoms with Crippen molar-refractivity contribution in [1.29, 1.82) is 0 Å². The molecule has 0 bridgehead atoms. The maximum atomic E-state index is 15.4. The number of Topliss-reactive ketones (excluding diaryl/α,β-unsaturated/α-hetero) is 1. The molecular weight excluding hydrogens is 714 g/mol. The van der Waals surface area contributed by atoms with Crippen LogP contribution in [0.1, 0.15) is 47.1 Å². The van der Waals surface area contributed by atoms with Gasteiger partial charge < -0.3 is 24.3 Å². The fraction of sp³-hybridized carbons (Fsp3) is 0.140. The van der Waals surface area contributed by atoms with Gasteiger partial charge in [-0.1, -0.05) is 97.6 Å². The molecule has 1 saturated heterocycles. The van der Waals surface area contributed by atoms with Crippen molar-refractivity contribution in [2.75, 3.05) is 18.5 Å². The molecule has 3 heterocycles. The Bertz CT molecular complexity index is 2390. The highest BCUT2D eigenvalue weighted by Crippen LogP contribution is 2.45. The third-order valence-electron chi connectivity index (χ3n) is 9.04. The molecule has 1 fully saturated rings. The lowest BCUT2D eigenvalue weighted by molar-refractivity contribution is -0.123. The standard InChI is InChI=1S/C43H35N5O8/c1-3-25-44-38-34-32(4-2)47-48(39(34)46-27-45-38)43(36(49)28-17-9-5-10-18-28)37(55-42(52)31-23-15-8-16-24-31)35(54-41(51)30-21-13-7-14-22-30)33(56-43)26-53-40(50)29-19-11-6-12-20-29/h3-24,27,33,35,37H,1-2,25-26H2,(H,44,45,46)/t33-,35-,37-,43-/m1/s1. The van der Waals surface area contributed by atoms with E-state index >= 15 is 4.79 Å². The molecule has 0 amide bonds. The van der Waals surface area contributed by atoms with Gasteiger partial charge in [0.05, 0.1) is 27.8 Å². The Hall–Kier alpha value is -7.25. The number of nitrogens with one attached hydrogen (secondary N) is 1. The van der Waals surface area contributed by atoms with Crippen molar-refractivity contribution >= 4 is 46.6 Å². The van der Waals surface area contributed by atoms with Gasteiger partial charge in [0, 0.05) is 12.1 Å². The van der Waals surface area contributed by atoms with E-state index in [1.807, 2.05) is 0 Å². The van der Waals surface area contributed by atoms with Crippen LogP contribution in [0.5, 0.6) is 0 Å². The summed E-state index contributed by atoms with van der Waals surface area (Å²) in [6.45, 7) is 7.49. The minimum absolute atomic E-state index is 0.0848. The van der Waals surface area contributed by atoms with Crippen molar-refractivity contribution in [2.45, 2.75) is 24.0 Å². The van der Waals surface area contributed by atoms with E-state index in [2.05, 4.69) is 28.4 Å². The Morgan fingerprint density at radius 1 is 0.732 bits per heavy atom. The van der Waals surface area contributed by atoms with Gasteiger partial charge >= 0.3 is 17.9 Å². The Kier molecular flexibility index (Phi) is 10.9. The number of anilines is 1. The first-order valence-corrected chi connectivity index (χ1v) is 17.6. The molecule has 280 valence electrons. The monoisotopic (exact) mass is 749 g/mol. The maximum absolute atomic E-state index is 15.4. The minimum Gasteiger partial charge on any atom is -0.459 e. The molecule has 13 heteroatoms. The fourth-order valence-electron chi connectivity index (χ4n) is 6.44. The number of benzene rings is 4. The fourth-order valence-corrected chi connectivity index (χ4v) is 6.44. The number of rotatable bonds is 14. The first-order valence-electron chi connectivity index (χ1n) is 17.6. The third kappa shape index (κ3) is 7.18. The normalized spacial score (nSPS) is 18.8. The summed E-state index contributed by atoms with van der Waals surface area (Å²) in [4.78, 5) is 65.7. The van der Waals surface area contributed by atoms with E-state index in [9.17, 15) is 14.4 Å². The predicted molar refractivity (Wildman–Crippen MR) is 206 cm³/mol. The summed E-state index contributed by atoms with van der Waals surface area (Å²) < 4.78 is 26.3. The largest absolute Gasteiger partial charge is 0.459 e. The Morgan fingerprint density at radius 2 is 1.27 bits per heavy atom. The molecule has 0 saturated carbocycles. The summed E-state index contributed by atoms with van der Waals surface area (Å²) in [5.41, 5.74) is -1.44. The Labute approximate surface area is 321 Å². The van der Waals surface area contributed by atoms with Crippen LogP contribution in [0, 0.1) is 0 Å². The number of aromatic nitrogens is 4. The number of nitrogens with zero attached hydrogens (tertiary/aromatic N) is 4. The van der Waals surface area contributed by atoms with E-state index in [1.165, 1.54) is 29.2 Å². The molecule has 56 heavy (non-hydrogen) atoms. The van der Waals surface area contributed by atoms with Crippen LogP contribution in [0.4, 0.5) is 5.82 Å². The second-order valence-corrected chi connectivity index (χ2v) is 12.5. The van der Waals surface area contributed by atoms with Crippen LogP contribution in [0.25, 0.3) is 17.1 Å². The molecule has 1 N–H and O–H groups in total. The summed E-state index contributed by atoms with van der Waals surface area (Å²) in [6.07, 6.45) is -0.393. The van der Waals surface area contributed by atoms with Gasteiger partial charge in [0.15, 0.2) is 17.9 Å². The SMILES string of the molecule is C=CCNc1ncnc2c1c(C=C)nn2[C@]1(C(=O)c2ccccc2)O[C@H](COC(=O)c2ccccc2)[C@@H](OC(=O)c2ccccc2)[C@H]1OC(=O)c1ccccc1. The van der Waals surface area contributed by atoms with Crippen molar-refractivity contribution < 1.29 is 38.1 Å². The number of ether oxygens (including phenoxy) is 4. The maximum Gasteiger partial charge on any atom is 0.338 e. The quantitative estimate of drug-likeness (QED) is 0.0573. The van der Waals surface area contributed by atoms with E-state index < -0.39 is 54.3 Å². The summed E-state index contributed by atoms with van der Waals surface area (Å²) in [7, 11) is 0. The zero-order valence-corrected chi connectivity index (χ0v) is 29.9. The van der Waals surface area contributed by atoms with E-state index in [0.717, 1.165) is 0 Å². The van der Waals surface area contributed by atoms with Gasteiger partial charge in [-0.15, -0.1) is 6.58 Å². The lowest BCUT2D eigenvalue weighted by atomic mass is 9.93. The van der Waals surface area contributed by atoms with Crippen LogP contribution in [-0.4, -0.2) is 74.9 Å². The number of hydrogen-bond donors (Lipinski definition) is 1. The number of fused-ring (bicyclic) bond motifs is 1. The van der Waals surface area contributed by atoms with Crippen molar-refractivity contribution in [1.82, 2.24) is 19.7 Å². The third-order valence-corrected chi connectivity index (χ3v) is 9.04. The van der Waals surface area contributed by atoms with E-state index in [1.54, 1.807) is 115 Å². The first kappa shape index (κ1) is 37.1. The average molecular weight is 750 g/mol. The molecule has 4 atom stereocenters. The Balaban J connectivity index is 1.46. The zero-order chi connectivity index (χ0) is 39.1. The van der Waals surface area contributed by atoms with Crippen molar-refractivity contribution in [3.63, 3.8) is 0 Å². The van der Waals surface area contributed by atoms with Crippen LogP contribution in [-0.2, 0) is 24.7 Å². The Morgan fingerprint density at radius 3 is 1.82 bits per heavy atom. The molecule has 0 unspecified atom stereocenters. The number of esters is 3. The van der Waals surface area contributed by atoms with E-state index in [-0.39, 0.29) is 33.6 Å². The first-order chi connectivity index (χ1) is 27.3. The molecule has 0 aliphatic carbocycles. The molecule has 0 spiro atoms. The number of carbonyl (C=O) groups is 4. The number of hydrogen-bond acceptors (Lipinski definition) is 12. The molecule has 1 aliphatic rings. The molecule has 0 radical (unpaired) electrons. The molecule has 7 rings (SSSR count). The second-order valence-electron chi connectivity index (χ2n) is 12.5. The topological polar surface area (TPSA) is 161 Å². The highest BCUT2D eigenvalue weighted by atomic mass is 16.7. The van der Waals surface area contributed by atoms with Gasteiger partial charge in [0.2, 0.25) is 5.78 Å². The van der Waals surface area contributed by atoms with Gasteiger partial charge in [-0.25, -0.2) is 29.0 Å². The average Bonchev–Trinajstić information content (AvgIpc) is 3.79. The van der Waals surface area contributed by atoms with Crippen LogP contribution < -0.4 is 5.32 Å². The summed E-state index contributed by atoms with van der Waals surface area (Å²) in [5.74, 6) is -2.79. The highest BCUT2D eigenvalue weighted by molar-refractivity contribution is 6.04.